The number of hydrogen-bond donors (Lipinski definition) is 3. The van der Waals surface area contributed by atoms with Crippen LogP contribution in [0.25, 0.3) is 0 Å². The number of urea groups is 1. The monoisotopic (exact) mass is 545 g/mol. The SMILES string of the molecule is CC(=O)c1sc(NC(=O)N[C@@H]2CCN(CCCO)C[C@@H]2CN2CCCC(Cc3ccc(F)cc3)C2)nc1C. The van der Waals surface area contributed by atoms with Gasteiger partial charge in [-0.05, 0) is 69.2 Å². The molecular formula is C28H40FN5O3S. The number of carbonyl (C=O) groups excluding carboxylic acids is 2. The maximum Gasteiger partial charge on any atom is 0.321 e. The highest BCUT2D eigenvalue weighted by molar-refractivity contribution is 7.17. The number of halogens is 1. The van der Waals surface area contributed by atoms with Crippen LogP contribution in [0, 0.1) is 24.6 Å². The molecule has 0 spiro atoms. The van der Waals surface area contributed by atoms with Crippen molar-refractivity contribution in [1.82, 2.24) is 20.1 Å². The number of amides is 2. The van der Waals surface area contributed by atoms with Gasteiger partial charge in [0.15, 0.2) is 10.9 Å². The predicted octanol–water partition coefficient (Wildman–Crippen LogP) is 3.94. The van der Waals surface area contributed by atoms with Crippen LogP contribution >= 0.6 is 11.3 Å². The number of anilines is 1. The van der Waals surface area contributed by atoms with Crippen molar-refractivity contribution in [2.24, 2.45) is 11.8 Å². The fourth-order valence-corrected chi connectivity index (χ4v) is 6.68. The summed E-state index contributed by atoms with van der Waals surface area (Å²) in [6.45, 7) is 8.98. The molecule has 38 heavy (non-hydrogen) atoms. The van der Waals surface area contributed by atoms with Crippen LogP contribution in [0.1, 0.15) is 53.5 Å². The summed E-state index contributed by atoms with van der Waals surface area (Å²) in [5, 5.41) is 15.8. The maximum atomic E-state index is 13.3. The van der Waals surface area contributed by atoms with Gasteiger partial charge in [0.25, 0.3) is 0 Å². The molecule has 0 aliphatic carbocycles. The maximum absolute atomic E-state index is 13.3. The van der Waals surface area contributed by atoms with E-state index in [1.165, 1.54) is 42.4 Å². The fraction of sp³-hybridized carbons (Fsp3) is 0.607. The fourth-order valence-electron chi connectivity index (χ4n) is 5.83. The zero-order valence-corrected chi connectivity index (χ0v) is 23.2. The van der Waals surface area contributed by atoms with Crippen LogP contribution in [-0.2, 0) is 6.42 Å². The topological polar surface area (TPSA) is 97.8 Å². The Morgan fingerprint density at radius 1 is 1.16 bits per heavy atom. The average molecular weight is 546 g/mol. The van der Waals surface area contributed by atoms with Crippen molar-refractivity contribution in [1.29, 1.82) is 0 Å². The standard InChI is InChI=1S/C28H40FN5O3S/c1-19-26(20(2)36)38-28(30-19)32-27(37)31-25-10-13-33(12-4-14-35)17-23(25)18-34-11-3-5-22(16-34)15-21-6-8-24(29)9-7-21/h6-9,22-23,25,35H,3-5,10-18H2,1-2H3,(H2,30,31,32,37)/t22?,23-,25-/m1/s1. The van der Waals surface area contributed by atoms with Crippen molar-refractivity contribution in [3.63, 3.8) is 0 Å². The normalized spacial score (nSPS) is 22.8. The first-order valence-electron chi connectivity index (χ1n) is 13.7. The molecule has 2 amide bonds. The third-order valence-electron chi connectivity index (χ3n) is 7.64. The van der Waals surface area contributed by atoms with Gasteiger partial charge < -0.3 is 20.2 Å². The molecule has 1 aromatic carbocycles. The van der Waals surface area contributed by atoms with E-state index in [0.29, 0.717) is 21.6 Å². The number of likely N-dealkylation sites (tertiary alicyclic amines) is 2. The first-order chi connectivity index (χ1) is 18.3. The molecule has 3 N–H and O–H groups in total. The molecule has 2 aromatic rings. The first kappa shape index (κ1) is 28.6. The molecule has 2 aliphatic rings. The Labute approximate surface area is 228 Å². The Kier molecular flexibility index (Phi) is 10.2. The van der Waals surface area contributed by atoms with Crippen LogP contribution < -0.4 is 10.6 Å². The lowest BCUT2D eigenvalue weighted by molar-refractivity contribution is 0.0819. The van der Waals surface area contributed by atoms with Crippen LogP contribution in [0.5, 0.6) is 0 Å². The highest BCUT2D eigenvalue weighted by atomic mass is 32.1. The Morgan fingerprint density at radius 2 is 1.95 bits per heavy atom. The molecular weight excluding hydrogens is 505 g/mol. The van der Waals surface area contributed by atoms with Gasteiger partial charge in [0, 0.05) is 58.2 Å². The lowest BCUT2D eigenvalue weighted by Gasteiger charge is -2.42. The number of thiazole rings is 1. The molecule has 2 aliphatic heterocycles. The van der Waals surface area contributed by atoms with E-state index in [2.05, 4.69) is 25.4 Å². The number of ketones is 1. The second-order valence-corrected chi connectivity index (χ2v) is 11.7. The van der Waals surface area contributed by atoms with E-state index in [1.54, 1.807) is 6.92 Å². The molecule has 2 fully saturated rings. The van der Waals surface area contributed by atoms with Crippen LogP contribution in [0.3, 0.4) is 0 Å². The molecule has 3 atom stereocenters. The van der Waals surface area contributed by atoms with Crippen molar-refractivity contribution < 1.29 is 19.1 Å². The van der Waals surface area contributed by atoms with E-state index in [4.69, 9.17) is 0 Å². The van der Waals surface area contributed by atoms with Crippen LogP contribution in [0.2, 0.25) is 0 Å². The van der Waals surface area contributed by atoms with Gasteiger partial charge in [-0.15, -0.1) is 0 Å². The number of rotatable bonds is 10. The summed E-state index contributed by atoms with van der Waals surface area (Å²) in [5.74, 6) is 0.530. The molecule has 0 bridgehead atoms. The number of nitrogens with one attached hydrogen (secondary N) is 2. The first-order valence-corrected chi connectivity index (χ1v) is 14.5. The second kappa shape index (κ2) is 13.6. The number of benzene rings is 1. The Morgan fingerprint density at radius 3 is 2.66 bits per heavy atom. The number of aryl methyl sites for hydroxylation is 1. The molecule has 3 heterocycles. The summed E-state index contributed by atoms with van der Waals surface area (Å²) >= 11 is 1.20. The molecule has 4 rings (SSSR count). The molecule has 2 saturated heterocycles. The largest absolute Gasteiger partial charge is 0.396 e. The van der Waals surface area contributed by atoms with Crippen LogP contribution in [0.15, 0.2) is 24.3 Å². The summed E-state index contributed by atoms with van der Waals surface area (Å²) < 4.78 is 13.3. The van der Waals surface area contributed by atoms with Gasteiger partial charge in [-0.2, -0.15) is 0 Å². The number of aromatic nitrogens is 1. The number of carbonyl (C=O) groups is 2. The van der Waals surface area contributed by atoms with Crippen LogP contribution in [-0.4, -0.2) is 83.6 Å². The zero-order chi connectivity index (χ0) is 27.1. The van der Waals surface area contributed by atoms with E-state index in [1.807, 2.05) is 12.1 Å². The van der Waals surface area contributed by atoms with Gasteiger partial charge in [0.2, 0.25) is 0 Å². The van der Waals surface area contributed by atoms with Crippen molar-refractivity contribution >= 4 is 28.3 Å². The summed E-state index contributed by atoms with van der Waals surface area (Å²) in [6, 6.07) is 6.57. The van der Waals surface area contributed by atoms with E-state index in [9.17, 15) is 19.1 Å². The van der Waals surface area contributed by atoms with Gasteiger partial charge in [-0.3, -0.25) is 10.1 Å². The summed E-state index contributed by atoms with van der Waals surface area (Å²) in [7, 11) is 0. The van der Waals surface area contributed by atoms with Crippen molar-refractivity contribution in [2.45, 2.75) is 52.0 Å². The molecule has 1 unspecified atom stereocenters. The zero-order valence-electron chi connectivity index (χ0n) is 22.4. The van der Waals surface area contributed by atoms with Gasteiger partial charge in [0.05, 0.1) is 10.6 Å². The van der Waals surface area contributed by atoms with Gasteiger partial charge in [-0.1, -0.05) is 23.5 Å². The highest BCUT2D eigenvalue weighted by Gasteiger charge is 2.33. The molecule has 0 saturated carbocycles. The summed E-state index contributed by atoms with van der Waals surface area (Å²) in [6.07, 6.45) is 4.83. The molecule has 1 aromatic heterocycles. The summed E-state index contributed by atoms with van der Waals surface area (Å²) in [4.78, 5) is 34.5. The van der Waals surface area contributed by atoms with Gasteiger partial charge in [-0.25, -0.2) is 14.2 Å². The summed E-state index contributed by atoms with van der Waals surface area (Å²) in [5.41, 5.74) is 1.81. The third kappa shape index (κ3) is 8.05. The number of aliphatic hydroxyl groups excluding tert-OH is 1. The number of aliphatic hydroxyl groups is 1. The minimum Gasteiger partial charge on any atom is -0.396 e. The third-order valence-corrected chi connectivity index (χ3v) is 8.81. The number of Topliss-reactive ketones (excluding diaryl/α,β-unsaturated/α-hetero) is 1. The lowest BCUT2D eigenvalue weighted by atomic mass is 9.88. The Bertz CT molecular complexity index is 1080. The number of nitrogens with zero attached hydrogens (tertiary/aromatic N) is 3. The average Bonchev–Trinajstić information content (AvgIpc) is 3.25. The lowest BCUT2D eigenvalue weighted by Crippen LogP contribution is -2.55. The van der Waals surface area contributed by atoms with Gasteiger partial charge >= 0.3 is 6.03 Å². The van der Waals surface area contributed by atoms with Gasteiger partial charge in [0.1, 0.15) is 5.82 Å². The van der Waals surface area contributed by atoms with E-state index in [-0.39, 0.29) is 36.2 Å². The predicted molar refractivity (Wildman–Crippen MR) is 148 cm³/mol. The van der Waals surface area contributed by atoms with Crippen LogP contribution in [0.4, 0.5) is 14.3 Å². The van der Waals surface area contributed by atoms with Crippen molar-refractivity contribution in [2.75, 3.05) is 51.2 Å². The number of hydrogen-bond acceptors (Lipinski definition) is 7. The second-order valence-electron chi connectivity index (χ2n) is 10.7. The minimum absolute atomic E-state index is 0.0196. The molecule has 8 nitrogen and oxygen atoms in total. The Hall–Kier alpha value is -2.40. The molecule has 208 valence electrons. The van der Waals surface area contributed by atoms with Crippen molar-refractivity contribution in [3.05, 3.63) is 46.2 Å². The smallest absolute Gasteiger partial charge is 0.321 e. The van der Waals surface area contributed by atoms with E-state index >= 15 is 0 Å². The van der Waals surface area contributed by atoms with E-state index < -0.39 is 0 Å². The highest BCUT2D eigenvalue weighted by Crippen LogP contribution is 2.26. The number of piperidine rings is 2. The van der Waals surface area contributed by atoms with Crippen molar-refractivity contribution in [3.8, 4) is 0 Å². The molecule has 0 radical (unpaired) electrons. The Balaban J connectivity index is 1.37. The minimum atomic E-state index is -0.291. The molecule has 10 heteroatoms. The quantitative estimate of drug-likeness (QED) is 0.391. The van der Waals surface area contributed by atoms with E-state index in [0.717, 1.165) is 65.0 Å².